The van der Waals surface area contributed by atoms with E-state index < -0.39 is 40.4 Å². The fraction of sp³-hybridized carbons (Fsp3) is 0.241. The SMILES string of the molecule is COc1cccc([C@H]2C3=CC[C@@H]4C(=O)N(c5ccc([N+](=O)[O-])cc5)C(=O)[C@@H]4[C@@H]3CC3=C2C(=O)C=C(Br)C3=O)c1O. The van der Waals surface area contributed by atoms with E-state index in [1.807, 2.05) is 6.08 Å². The van der Waals surface area contributed by atoms with Gasteiger partial charge < -0.3 is 9.84 Å². The molecule has 4 atom stereocenters. The highest BCUT2D eigenvalue weighted by atomic mass is 79.9. The molecular weight excluding hydrogens is 584 g/mol. The largest absolute Gasteiger partial charge is 0.504 e. The number of ether oxygens (including phenoxy) is 1. The number of rotatable bonds is 4. The molecule has 1 aliphatic heterocycles. The van der Waals surface area contributed by atoms with Crippen LogP contribution in [0.5, 0.6) is 11.5 Å². The molecule has 0 radical (unpaired) electrons. The number of amides is 2. The minimum Gasteiger partial charge on any atom is -0.504 e. The Balaban J connectivity index is 1.47. The maximum Gasteiger partial charge on any atom is 0.269 e. The molecule has 0 aromatic heterocycles. The average Bonchev–Trinajstić information content (AvgIpc) is 3.20. The first-order valence-corrected chi connectivity index (χ1v) is 13.3. The van der Waals surface area contributed by atoms with Gasteiger partial charge in [0.05, 0.1) is 34.0 Å². The van der Waals surface area contributed by atoms with Gasteiger partial charge in [-0.05, 0) is 52.9 Å². The second-order valence-electron chi connectivity index (χ2n) is 10.1. The Bertz CT molecular complexity index is 1640. The van der Waals surface area contributed by atoms with Crippen LogP contribution in [0, 0.1) is 27.9 Å². The number of nitro groups is 1. The van der Waals surface area contributed by atoms with Gasteiger partial charge in [0.15, 0.2) is 23.1 Å². The Morgan fingerprint density at radius 2 is 1.77 bits per heavy atom. The highest BCUT2D eigenvalue weighted by Gasteiger charge is 2.57. The number of nitrogens with zero attached hydrogens (tertiary/aromatic N) is 2. The lowest BCUT2D eigenvalue weighted by molar-refractivity contribution is -0.384. The van der Waals surface area contributed by atoms with Crippen LogP contribution in [0.4, 0.5) is 11.4 Å². The minimum atomic E-state index is -0.825. The van der Waals surface area contributed by atoms with Gasteiger partial charge in [-0.3, -0.25) is 34.2 Å². The van der Waals surface area contributed by atoms with Crippen molar-refractivity contribution in [2.75, 3.05) is 12.0 Å². The first-order valence-electron chi connectivity index (χ1n) is 12.5. The summed E-state index contributed by atoms with van der Waals surface area (Å²) >= 11 is 3.19. The van der Waals surface area contributed by atoms with Crippen molar-refractivity contribution < 1.29 is 33.9 Å². The van der Waals surface area contributed by atoms with Crippen molar-refractivity contribution in [3.63, 3.8) is 0 Å². The molecule has 2 aromatic carbocycles. The summed E-state index contributed by atoms with van der Waals surface area (Å²) in [6.45, 7) is 0. The van der Waals surface area contributed by atoms with E-state index in [0.717, 1.165) is 4.90 Å². The van der Waals surface area contributed by atoms with Crippen LogP contribution in [0.2, 0.25) is 0 Å². The molecule has 11 heteroatoms. The van der Waals surface area contributed by atoms with Gasteiger partial charge in [0, 0.05) is 40.8 Å². The molecular formula is C29H21BrN2O8. The van der Waals surface area contributed by atoms with E-state index in [1.54, 1.807) is 18.2 Å². The summed E-state index contributed by atoms with van der Waals surface area (Å²) in [7, 11) is 1.41. The molecule has 0 bridgehead atoms. The van der Waals surface area contributed by atoms with Gasteiger partial charge >= 0.3 is 0 Å². The third-order valence-corrected chi connectivity index (χ3v) is 8.80. The zero-order valence-electron chi connectivity index (χ0n) is 21.0. The number of carbonyl (C=O) groups is 4. The monoisotopic (exact) mass is 604 g/mol. The van der Waals surface area contributed by atoms with Crippen molar-refractivity contribution in [1.29, 1.82) is 0 Å². The first-order chi connectivity index (χ1) is 19.1. The van der Waals surface area contributed by atoms with Crippen LogP contribution < -0.4 is 9.64 Å². The van der Waals surface area contributed by atoms with Crippen molar-refractivity contribution in [2.24, 2.45) is 17.8 Å². The molecule has 0 unspecified atom stereocenters. The molecule has 0 spiro atoms. The number of aromatic hydroxyl groups is 1. The second-order valence-corrected chi connectivity index (χ2v) is 10.9. The predicted molar refractivity (Wildman–Crippen MR) is 145 cm³/mol. The number of allylic oxidation sites excluding steroid dienone is 6. The zero-order chi connectivity index (χ0) is 28.5. The number of phenolic OH excluding ortho intramolecular Hbond substituents is 1. The maximum atomic E-state index is 13.9. The number of hydrogen-bond donors (Lipinski definition) is 1. The molecule has 2 amide bonds. The van der Waals surface area contributed by atoms with Gasteiger partial charge in [0.1, 0.15) is 0 Å². The number of anilines is 1. The highest BCUT2D eigenvalue weighted by molar-refractivity contribution is 9.12. The Morgan fingerprint density at radius 1 is 1.05 bits per heavy atom. The zero-order valence-corrected chi connectivity index (χ0v) is 22.6. The summed E-state index contributed by atoms with van der Waals surface area (Å²) < 4.78 is 5.40. The number of Topliss-reactive ketones (excluding diaryl/α,β-unsaturated/α-hetero) is 1. The molecule has 202 valence electrons. The molecule has 1 heterocycles. The van der Waals surface area contributed by atoms with E-state index in [1.165, 1.54) is 37.5 Å². The number of halogens is 1. The Labute approximate surface area is 235 Å². The number of non-ortho nitro benzene ring substituents is 1. The quantitative estimate of drug-likeness (QED) is 0.179. The van der Waals surface area contributed by atoms with E-state index in [-0.39, 0.29) is 62.9 Å². The van der Waals surface area contributed by atoms with E-state index in [2.05, 4.69) is 15.9 Å². The van der Waals surface area contributed by atoms with Crippen LogP contribution in [-0.2, 0) is 19.2 Å². The molecule has 0 saturated carbocycles. The van der Waals surface area contributed by atoms with Crippen LogP contribution >= 0.6 is 15.9 Å². The van der Waals surface area contributed by atoms with Crippen molar-refractivity contribution >= 4 is 50.7 Å². The molecule has 6 rings (SSSR count). The minimum absolute atomic E-state index is 0.0736. The van der Waals surface area contributed by atoms with Crippen molar-refractivity contribution in [3.05, 3.63) is 91.5 Å². The van der Waals surface area contributed by atoms with Gasteiger partial charge in [-0.25, -0.2) is 0 Å². The topological polar surface area (TPSA) is 144 Å². The number of imide groups is 1. The number of carbonyl (C=O) groups excluding carboxylic acids is 4. The van der Waals surface area contributed by atoms with Crippen LogP contribution in [-0.4, -0.2) is 40.5 Å². The number of fused-ring (bicyclic) bond motifs is 3. The van der Waals surface area contributed by atoms with Crippen LogP contribution in [0.25, 0.3) is 0 Å². The summed E-state index contributed by atoms with van der Waals surface area (Å²) in [6.07, 6.45) is 3.35. The number of hydrogen-bond acceptors (Lipinski definition) is 8. The summed E-state index contributed by atoms with van der Waals surface area (Å²) in [6, 6.07) is 10.1. The molecule has 2 aromatic rings. The van der Waals surface area contributed by atoms with Crippen molar-refractivity contribution in [1.82, 2.24) is 0 Å². The van der Waals surface area contributed by atoms with E-state index >= 15 is 0 Å². The number of methoxy groups -OCH3 is 1. The van der Waals surface area contributed by atoms with Crippen LogP contribution in [0.3, 0.4) is 0 Å². The summed E-state index contributed by atoms with van der Waals surface area (Å²) in [5.74, 6) is -4.58. The lowest BCUT2D eigenvalue weighted by atomic mass is 9.59. The Morgan fingerprint density at radius 3 is 2.45 bits per heavy atom. The Kier molecular flexibility index (Phi) is 6.06. The molecule has 40 heavy (non-hydrogen) atoms. The van der Waals surface area contributed by atoms with Gasteiger partial charge in [-0.1, -0.05) is 23.8 Å². The molecule has 1 fully saturated rings. The number of para-hydroxylation sites is 1. The predicted octanol–water partition coefficient (Wildman–Crippen LogP) is 4.28. The van der Waals surface area contributed by atoms with Crippen LogP contribution in [0.15, 0.2) is 75.8 Å². The normalized spacial score (nSPS) is 25.7. The van der Waals surface area contributed by atoms with E-state index in [0.29, 0.717) is 11.1 Å². The number of benzene rings is 2. The molecule has 10 nitrogen and oxygen atoms in total. The lowest BCUT2D eigenvalue weighted by Crippen LogP contribution is -2.39. The Hall–Kier alpha value is -4.38. The van der Waals surface area contributed by atoms with Crippen LogP contribution in [0.1, 0.15) is 24.3 Å². The maximum absolute atomic E-state index is 13.9. The first kappa shape index (κ1) is 25.9. The fourth-order valence-electron chi connectivity index (χ4n) is 6.48. The highest BCUT2D eigenvalue weighted by Crippen LogP contribution is 2.57. The van der Waals surface area contributed by atoms with E-state index in [9.17, 15) is 34.4 Å². The van der Waals surface area contributed by atoms with Gasteiger partial charge in [-0.2, -0.15) is 0 Å². The van der Waals surface area contributed by atoms with E-state index in [4.69, 9.17) is 4.74 Å². The number of nitro benzene ring substituents is 1. The molecule has 3 aliphatic carbocycles. The average molecular weight is 605 g/mol. The summed E-state index contributed by atoms with van der Waals surface area (Å²) in [4.78, 5) is 65.6. The lowest BCUT2D eigenvalue weighted by Gasteiger charge is -2.42. The third-order valence-electron chi connectivity index (χ3n) is 8.21. The molecule has 1 N–H and O–H groups in total. The molecule has 1 saturated heterocycles. The smallest absolute Gasteiger partial charge is 0.269 e. The fourth-order valence-corrected chi connectivity index (χ4v) is 6.92. The number of ketones is 2. The molecule has 4 aliphatic rings. The summed E-state index contributed by atoms with van der Waals surface area (Å²) in [5, 5.41) is 22.2. The van der Waals surface area contributed by atoms with Gasteiger partial charge in [-0.15, -0.1) is 0 Å². The van der Waals surface area contributed by atoms with Crippen molar-refractivity contribution in [2.45, 2.75) is 18.8 Å². The second kappa shape index (κ2) is 9.37. The summed E-state index contributed by atoms with van der Waals surface area (Å²) in [5.41, 5.74) is 1.57. The van der Waals surface area contributed by atoms with Gasteiger partial charge in [0.25, 0.3) is 5.69 Å². The number of phenols is 1. The third kappa shape index (κ3) is 3.68. The van der Waals surface area contributed by atoms with Gasteiger partial charge in [0.2, 0.25) is 11.8 Å². The van der Waals surface area contributed by atoms with Crippen molar-refractivity contribution in [3.8, 4) is 11.5 Å². The standard InChI is InChI=1S/C29H21BrN2O8/c1-40-22-4-2-3-16(27(22)35)23-15-9-10-17-24(18(15)11-19-25(23)21(33)12-20(30)26(19)34)29(37)31(28(17)36)13-5-7-14(8-6-13)32(38)39/h2-9,12,17-18,23-24,35H,10-11H2,1H3/t17-,18+,23+,24-/m0/s1.